The molecule has 0 fully saturated rings. The van der Waals surface area contributed by atoms with Gasteiger partial charge in [-0.2, -0.15) is 0 Å². The molecule has 1 aliphatic heterocycles. The van der Waals surface area contributed by atoms with E-state index in [2.05, 4.69) is 22.1 Å². The van der Waals surface area contributed by atoms with Gasteiger partial charge in [-0.15, -0.1) is 0 Å². The lowest BCUT2D eigenvalue weighted by atomic mass is 10.2. The van der Waals surface area contributed by atoms with Gasteiger partial charge < -0.3 is 19.7 Å². The lowest BCUT2D eigenvalue weighted by molar-refractivity contribution is 0.102. The second kappa shape index (κ2) is 7.37. The van der Waals surface area contributed by atoms with Crippen molar-refractivity contribution in [2.45, 2.75) is 6.92 Å². The van der Waals surface area contributed by atoms with Crippen LogP contribution in [0.25, 0.3) is 0 Å². The number of para-hydroxylation sites is 1. The van der Waals surface area contributed by atoms with Crippen LogP contribution in [0, 0.1) is 0 Å². The molecule has 0 bridgehead atoms. The molecule has 3 aromatic rings. The lowest BCUT2D eigenvalue weighted by Gasteiger charge is -2.23. The molecule has 0 radical (unpaired) electrons. The molecule has 4 rings (SSSR count). The number of nitrogens with zero attached hydrogens (tertiary/aromatic N) is 2. The Morgan fingerprint density at radius 1 is 1.04 bits per heavy atom. The van der Waals surface area contributed by atoms with Crippen LogP contribution in [0.3, 0.4) is 0 Å². The molecule has 1 aromatic heterocycles. The number of pyridine rings is 1. The summed E-state index contributed by atoms with van der Waals surface area (Å²) < 4.78 is 10.6. The van der Waals surface area contributed by atoms with Gasteiger partial charge in [-0.3, -0.25) is 9.78 Å². The first-order valence-corrected chi connectivity index (χ1v) is 8.73. The van der Waals surface area contributed by atoms with Crippen LogP contribution in [0.4, 0.5) is 17.1 Å². The number of nitrogens with one attached hydrogen (secondary N) is 1. The molecular formula is C21H19N3O3. The SMILES string of the molecule is CCN(c1ccccc1)c1cncc(C(=O)Nc2ccc3c(c2)OCO3)c1. The second-order valence-corrected chi connectivity index (χ2v) is 6.03. The number of ether oxygens (including phenoxy) is 2. The molecule has 136 valence electrons. The zero-order chi connectivity index (χ0) is 18.6. The zero-order valence-corrected chi connectivity index (χ0v) is 14.9. The predicted octanol–water partition coefficient (Wildman–Crippen LogP) is 4.22. The fraction of sp³-hybridized carbons (Fsp3) is 0.143. The van der Waals surface area contributed by atoms with Gasteiger partial charge in [-0.05, 0) is 37.3 Å². The van der Waals surface area contributed by atoms with E-state index in [0.717, 1.165) is 17.9 Å². The summed E-state index contributed by atoms with van der Waals surface area (Å²) in [5.41, 5.74) is 3.04. The van der Waals surface area contributed by atoms with Gasteiger partial charge in [0.1, 0.15) is 0 Å². The van der Waals surface area contributed by atoms with Crippen LogP contribution in [0.1, 0.15) is 17.3 Å². The summed E-state index contributed by atoms with van der Waals surface area (Å²) >= 11 is 0. The van der Waals surface area contributed by atoms with Gasteiger partial charge in [0.25, 0.3) is 5.91 Å². The fourth-order valence-corrected chi connectivity index (χ4v) is 3.00. The number of anilines is 3. The monoisotopic (exact) mass is 361 g/mol. The molecule has 2 heterocycles. The van der Waals surface area contributed by atoms with E-state index in [0.29, 0.717) is 22.7 Å². The van der Waals surface area contributed by atoms with E-state index in [4.69, 9.17) is 9.47 Å². The third kappa shape index (κ3) is 3.55. The van der Waals surface area contributed by atoms with Crippen molar-refractivity contribution in [3.8, 4) is 11.5 Å². The van der Waals surface area contributed by atoms with Crippen molar-refractivity contribution >= 4 is 23.0 Å². The minimum absolute atomic E-state index is 0.199. The van der Waals surface area contributed by atoms with E-state index < -0.39 is 0 Å². The molecule has 1 aliphatic rings. The second-order valence-electron chi connectivity index (χ2n) is 6.03. The molecule has 0 saturated carbocycles. The number of hydrogen-bond donors (Lipinski definition) is 1. The molecule has 1 amide bonds. The van der Waals surface area contributed by atoms with E-state index >= 15 is 0 Å². The summed E-state index contributed by atoms with van der Waals surface area (Å²) in [7, 11) is 0. The topological polar surface area (TPSA) is 63.7 Å². The van der Waals surface area contributed by atoms with Gasteiger partial charge in [0.2, 0.25) is 6.79 Å². The highest BCUT2D eigenvalue weighted by molar-refractivity contribution is 6.04. The first-order valence-electron chi connectivity index (χ1n) is 8.73. The zero-order valence-electron chi connectivity index (χ0n) is 14.9. The van der Waals surface area contributed by atoms with Crippen molar-refractivity contribution in [2.24, 2.45) is 0 Å². The normalized spacial score (nSPS) is 11.9. The molecule has 6 heteroatoms. The average Bonchev–Trinajstić information content (AvgIpc) is 3.17. The Bertz CT molecular complexity index is 960. The standard InChI is InChI=1S/C21H19N3O3/c1-2-24(17-6-4-3-5-7-17)18-10-15(12-22-13-18)21(25)23-16-8-9-19-20(11-16)27-14-26-19/h3-13H,2,14H2,1H3,(H,23,25). The number of rotatable bonds is 5. The van der Waals surface area contributed by atoms with E-state index in [1.807, 2.05) is 36.4 Å². The minimum atomic E-state index is -0.229. The molecule has 0 saturated heterocycles. The molecule has 0 spiro atoms. The molecule has 0 unspecified atom stereocenters. The number of aromatic nitrogens is 1. The number of amides is 1. The minimum Gasteiger partial charge on any atom is -0.454 e. The summed E-state index contributed by atoms with van der Waals surface area (Å²) in [5, 5.41) is 2.88. The number of hydrogen-bond acceptors (Lipinski definition) is 5. The maximum Gasteiger partial charge on any atom is 0.257 e. The molecule has 0 aliphatic carbocycles. The van der Waals surface area contributed by atoms with Crippen molar-refractivity contribution in [2.75, 3.05) is 23.6 Å². The summed E-state index contributed by atoms with van der Waals surface area (Å²) in [6.07, 6.45) is 3.32. The van der Waals surface area contributed by atoms with Crippen LogP contribution in [0.2, 0.25) is 0 Å². The highest BCUT2D eigenvalue weighted by Crippen LogP contribution is 2.34. The largest absolute Gasteiger partial charge is 0.454 e. The van der Waals surface area contributed by atoms with Gasteiger partial charge in [-0.1, -0.05) is 18.2 Å². The van der Waals surface area contributed by atoms with Crippen LogP contribution in [-0.2, 0) is 0 Å². The number of benzene rings is 2. The first-order chi connectivity index (χ1) is 13.2. The van der Waals surface area contributed by atoms with Crippen LogP contribution < -0.4 is 19.7 Å². The van der Waals surface area contributed by atoms with Gasteiger partial charge in [-0.25, -0.2) is 0 Å². The van der Waals surface area contributed by atoms with Gasteiger partial charge in [0.15, 0.2) is 11.5 Å². The summed E-state index contributed by atoms with van der Waals surface area (Å²) in [6.45, 7) is 3.02. The van der Waals surface area contributed by atoms with Gasteiger partial charge in [0.05, 0.1) is 17.4 Å². The Labute approximate surface area is 157 Å². The maximum absolute atomic E-state index is 12.7. The fourth-order valence-electron chi connectivity index (χ4n) is 3.00. The first kappa shape index (κ1) is 16.9. The van der Waals surface area contributed by atoms with Crippen LogP contribution in [0.15, 0.2) is 67.0 Å². The summed E-state index contributed by atoms with van der Waals surface area (Å²) in [4.78, 5) is 19.0. The Hall–Kier alpha value is -3.54. The van der Waals surface area contributed by atoms with E-state index in [1.54, 1.807) is 30.6 Å². The van der Waals surface area contributed by atoms with Gasteiger partial charge >= 0.3 is 0 Å². The molecule has 1 N–H and O–H groups in total. The third-order valence-corrected chi connectivity index (χ3v) is 4.31. The van der Waals surface area contributed by atoms with E-state index in [1.165, 1.54) is 0 Å². The van der Waals surface area contributed by atoms with E-state index in [9.17, 15) is 4.79 Å². The van der Waals surface area contributed by atoms with Crippen molar-refractivity contribution in [3.05, 3.63) is 72.6 Å². The van der Waals surface area contributed by atoms with E-state index in [-0.39, 0.29) is 12.7 Å². The summed E-state index contributed by atoms with van der Waals surface area (Å²) in [5.74, 6) is 1.08. The van der Waals surface area contributed by atoms with Crippen LogP contribution >= 0.6 is 0 Å². The third-order valence-electron chi connectivity index (χ3n) is 4.31. The Kier molecular flexibility index (Phi) is 4.61. The van der Waals surface area contributed by atoms with Crippen molar-refractivity contribution in [1.29, 1.82) is 0 Å². The Balaban J connectivity index is 1.55. The van der Waals surface area contributed by atoms with Gasteiger partial charge in [0, 0.05) is 30.2 Å². The quantitative estimate of drug-likeness (QED) is 0.737. The number of carbonyl (C=O) groups is 1. The summed E-state index contributed by atoms with van der Waals surface area (Å²) in [6, 6.07) is 17.2. The molecule has 6 nitrogen and oxygen atoms in total. The van der Waals surface area contributed by atoms with Crippen molar-refractivity contribution in [1.82, 2.24) is 4.98 Å². The number of fused-ring (bicyclic) bond motifs is 1. The molecule has 0 atom stereocenters. The highest BCUT2D eigenvalue weighted by Gasteiger charge is 2.16. The Morgan fingerprint density at radius 3 is 2.67 bits per heavy atom. The highest BCUT2D eigenvalue weighted by atomic mass is 16.7. The molecular weight excluding hydrogens is 342 g/mol. The average molecular weight is 361 g/mol. The maximum atomic E-state index is 12.7. The van der Waals surface area contributed by atoms with Crippen LogP contribution in [0.5, 0.6) is 11.5 Å². The smallest absolute Gasteiger partial charge is 0.257 e. The molecule has 27 heavy (non-hydrogen) atoms. The van der Waals surface area contributed by atoms with Crippen LogP contribution in [-0.4, -0.2) is 24.2 Å². The number of carbonyl (C=O) groups excluding carboxylic acids is 1. The Morgan fingerprint density at radius 2 is 1.85 bits per heavy atom. The lowest BCUT2D eigenvalue weighted by Crippen LogP contribution is -2.18. The van der Waals surface area contributed by atoms with Crippen molar-refractivity contribution < 1.29 is 14.3 Å². The predicted molar refractivity (Wildman–Crippen MR) is 104 cm³/mol. The molecule has 2 aromatic carbocycles. The van der Waals surface area contributed by atoms with Crippen molar-refractivity contribution in [3.63, 3.8) is 0 Å².